The molecule has 1 atom stereocenters. The van der Waals surface area contributed by atoms with Crippen LogP contribution in [0.4, 0.5) is 0 Å². The molecule has 0 aliphatic heterocycles. The van der Waals surface area contributed by atoms with Crippen molar-refractivity contribution in [2.24, 2.45) is 7.05 Å². The minimum absolute atomic E-state index is 0.434. The molecule has 2 aromatic heterocycles. The number of hydrogen-bond acceptors (Lipinski definition) is 3. The summed E-state index contributed by atoms with van der Waals surface area (Å²) in [5, 5.41) is 7.75. The van der Waals surface area contributed by atoms with Crippen LogP contribution in [0.3, 0.4) is 0 Å². The Labute approximate surface area is 113 Å². The van der Waals surface area contributed by atoms with Gasteiger partial charge in [0.1, 0.15) is 0 Å². The number of aryl methyl sites for hydroxylation is 2. The Morgan fingerprint density at radius 3 is 2.83 bits per heavy atom. The predicted octanol–water partition coefficient (Wildman–Crippen LogP) is 2.94. The van der Waals surface area contributed by atoms with E-state index in [0.29, 0.717) is 6.04 Å². The van der Waals surface area contributed by atoms with E-state index in [4.69, 9.17) is 0 Å². The first kappa shape index (κ1) is 13.3. The van der Waals surface area contributed by atoms with Gasteiger partial charge in [-0.15, -0.1) is 11.3 Å². The summed E-state index contributed by atoms with van der Waals surface area (Å²) in [5.74, 6) is 0. The van der Waals surface area contributed by atoms with Crippen LogP contribution in [-0.4, -0.2) is 16.3 Å². The molecular weight excluding hydrogens is 242 g/mol. The Kier molecular flexibility index (Phi) is 4.55. The fourth-order valence-electron chi connectivity index (χ4n) is 1.98. The molecule has 0 fully saturated rings. The summed E-state index contributed by atoms with van der Waals surface area (Å²) in [6.07, 6.45) is 4.00. The third kappa shape index (κ3) is 3.21. The number of nitrogens with zero attached hydrogens (tertiary/aromatic N) is 2. The molecule has 0 saturated carbocycles. The maximum atomic E-state index is 4.18. The summed E-state index contributed by atoms with van der Waals surface area (Å²) in [5.41, 5.74) is 1.27. The van der Waals surface area contributed by atoms with Crippen molar-refractivity contribution >= 4 is 11.3 Å². The van der Waals surface area contributed by atoms with Crippen LogP contribution in [0.1, 0.15) is 35.3 Å². The van der Waals surface area contributed by atoms with Crippen LogP contribution in [0.2, 0.25) is 0 Å². The van der Waals surface area contributed by atoms with E-state index < -0.39 is 0 Å². The van der Waals surface area contributed by atoms with Crippen LogP contribution in [-0.2, 0) is 19.9 Å². The molecule has 0 aliphatic rings. The van der Waals surface area contributed by atoms with E-state index in [1.165, 1.54) is 15.4 Å². The maximum Gasteiger partial charge on any atom is 0.0492 e. The lowest BCUT2D eigenvalue weighted by Gasteiger charge is -2.12. The summed E-state index contributed by atoms with van der Waals surface area (Å²) < 4.78 is 1.94. The lowest BCUT2D eigenvalue weighted by atomic mass is 10.2. The first-order valence-corrected chi connectivity index (χ1v) is 7.31. The Balaban J connectivity index is 1.81. The van der Waals surface area contributed by atoms with Crippen molar-refractivity contribution in [3.63, 3.8) is 0 Å². The summed E-state index contributed by atoms with van der Waals surface area (Å²) in [7, 11) is 1.99. The smallest absolute Gasteiger partial charge is 0.0492 e. The Morgan fingerprint density at radius 1 is 1.39 bits per heavy atom. The van der Waals surface area contributed by atoms with Gasteiger partial charge in [0.05, 0.1) is 0 Å². The topological polar surface area (TPSA) is 29.9 Å². The lowest BCUT2D eigenvalue weighted by molar-refractivity contribution is 0.570. The Hall–Kier alpha value is -1.13. The molecule has 0 aromatic carbocycles. The van der Waals surface area contributed by atoms with E-state index in [1.54, 1.807) is 0 Å². The molecule has 2 rings (SSSR count). The van der Waals surface area contributed by atoms with Gasteiger partial charge in [0, 0.05) is 47.7 Å². The highest BCUT2D eigenvalue weighted by molar-refractivity contribution is 7.12. The third-order valence-electron chi connectivity index (χ3n) is 3.21. The SMILES string of the molecule is CCc1ccc(C(C)NCCc2ccnn2C)s1. The summed E-state index contributed by atoms with van der Waals surface area (Å²) in [6.45, 7) is 5.42. The van der Waals surface area contributed by atoms with E-state index in [0.717, 1.165) is 19.4 Å². The molecule has 2 heterocycles. The van der Waals surface area contributed by atoms with Gasteiger partial charge < -0.3 is 5.32 Å². The van der Waals surface area contributed by atoms with Gasteiger partial charge in [0.15, 0.2) is 0 Å². The number of rotatable bonds is 6. The molecule has 1 N–H and O–H groups in total. The molecule has 4 heteroatoms. The van der Waals surface area contributed by atoms with Crippen LogP contribution in [0, 0.1) is 0 Å². The van der Waals surface area contributed by atoms with Gasteiger partial charge in [-0.1, -0.05) is 6.92 Å². The van der Waals surface area contributed by atoms with Crippen molar-refractivity contribution in [3.8, 4) is 0 Å². The van der Waals surface area contributed by atoms with Gasteiger partial charge in [-0.25, -0.2) is 0 Å². The van der Waals surface area contributed by atoms with Crippen LogP contribution in [0.5, 0.6) is 0 Å². The molecule has 2 aromatic rings. The van der Waals surface area contributed by atoms with E-state index >= 15 is 0 Å². The van der Waals surface area contributed by atoms with Crippen molar-refractivity contribution in [2.75, 3.05) is 6.54 Å². The van der Waals surface area contributed by atoms with Crippen molar-refractivity contribution in [2.45, 2.75) is 32.7 Å². The van der Waals surface area contributed by atoms with E-state index in [1.807, 2.05) is 29.3 Å². The molecule has 0 saturated heterocycles. The minimum Gasteiger partial charge on any atom is -0.309 e. The maximum absolute atomic E-state index is 4.18. The number of thiophene rings is 1. The highest BCUT2D eigenvalue weighted by Gasteiger charge is 2.07. The molecular formula is C14H21N3S. The molecule has 1 unspecified atom stereocenters. The molecule has 0 spiro atoms. The van der Waals surface area contributed by atoms with Crippen LogP contribution >= 0.6 is 11.3 Å². The first-order valence-electron chi connectivity index (χ1n) is 6.49. The summed E-state index contributed by atoms with van der Waals surface area (Å²) >= 11 is 1.91. The second-order valence-electron chi connectivity index (χ2n) is 4.53. The zero-order valence-electron chi connectivity index (χ0n) is 11.3. The molecule has 3 nitrogen and oxygen atoms in total. The van der Waals surface area contributed by atoms with Crippen LogP contribution in [0.25, 0.3) is 0 Å². The van der Waals surface area contributed by atoms with Gasteiger partial charge in [-0.3, -0.25) is 4.68 Å². The van der Waals surface area contributed by atoms with Crippen molar-refractivity contribution < 1.29 is 0 Å². The largest absolute Gasteiger partial charge is 0.309 e. The highest BCUT2D eigenvalue weighted by Crippen LogP contribution is 2.23. The summed E-state index contributed by atoms with van der Waals surface area (Å²) in [4.78, 5) is 2.89. The second kappa shape index (κ2) is 6.16. The molecule has 0 radical (unpaired) electrons. The van der Waals surface area contributed by atoms with Crippen molar-refractivity contribution in [3.05, 3.63) is 39.8 Å². The number of aromatic nitrogens is 2. The average molecular weight is 263 g/mol. The van der Waals surface area contributed by atoms with Gasteiger partial charge in [0.25, 0.3) is 0 Å². The minimum atomic E-state index is 0.434. The zero-order chi connectivity index (χ0) is 13.0. The molecule has 0 bridgehead atoms. The van der Waals surface area contributed by atoms with E-state index in [2.05, 4.69) is 42.5 Å². The average Bonchev–Trinajstić information content (AvgIpc) is 2.98. The number of nitrogens with one attached hydrogen (secondary N) is 1. The molecule has 18 heavy (non-hydrogen) atoms. The Bertz CT molecular complexity index is 487. The second-order valence-corrected chi connectivity index (χ2v) is 5.73. The van der Waals surface area contributed by atoms with Gasteiger partial charge in [0.2, 0.25) is 0 Å². The highest BCUT2D eigenvalue weighted by atomic mass is 32.1. The fourth-order valence-corrected chi connectivity index (χ4v) is 2.96. The van der Waals surface area contributed by atoms with E-state index in [-0.39, 0.29) is 0 Å². The first-order chi connectivity index (χ1) is 8.70. The van der Waals surface area contributed by atoms with Crippen LogP contribution in [0.15, 0.2) is 24.4 Å². The van der Waals surface area contributed by atoms with Crippen molar-refractivity contribution in [1.29, 1.82) is 0 Å². The standard InChI is InChI=1S/C14H21N3S/c1-4-13-5-6-14(18-13)11(2)15-9-7-12-8-10-16-17(12)3/h5-6,8,10-11,15H,4,7,9H2,1-3H3. The molecule has 98 valence electrons. The van der Waals surface area contributed by atoms with E-state index in [9.17, 15) is 0 Å². The molecule has 0 amide bonds. The number of hydrogen-bond donors (Lipinski definition) is 1. The molecule has 0 aliphatic carbocycles. The summed E-state index contributed by atoms with van der Waals surface area (Å²) in [6, 6.07) is 6.99. The van der Waals surface area contributed by atoms with Crippen LogP contribution < -0.4 is 5.32 Å². The predicted molar refractivity (Wildman–Crippen MR) is 77.0 cm³/mol. The monoisotopic (exact) mass is 263 g/mol. The van der Waals surface area contributed by atoms with Crippen molar-refractivity contribution in [1.82, 2.24) is 15.1 Å². The zero-order valence-corrected chi connectivity index (χ0v) is 12.1. The lowest BCUT2D eigenvalue weighted by Crippen LogP contribution is -2.21. The van der Waals surface area contributed by atoms with Gasteiger partial charge in [-0.05, 0) is 31.5 Å². The normalized spacial score (nSPS) is 12.8. The quantitative estimate of drug-likeness (QED) is 0.868. The van der Waals surface area contributed by atoms with Gasteiger partial charge in [-0.2, -0.15) is 5.10 Å². The van der Waals surface area contributed by atoms with Gasteiger partial charge >= 0.3 is 0 Å². The third-order valence-corrected chi connectivity index (χ3v) is 4.62. The Morgan fingerprint density at radius 2 is 2.22 bits per heavy atom. The fraction of sp³-hybridized carbons (Fsp3) is 0.500.